The second-order valence-corrected chi connectivity index (χ2v) is 6.56. The van der Waals surface area contributed by atoms with Gasteiger partial charge in [-0.05, 0) is 43.3 Å². The largest absolute Gasteiger partial charge is 0.497 e. The number of halogens is 2. The molecule has 0 saturated carbocycles. The van der Waals surface area contributed by atoms with Crippen molar-refractivity contribution in [2.24, 2.45) is 0 Å². The maximum absolute atomic E-state index is 14.2. The molecular weight excluding hydrogens is 386 g/mol. The van der Waals surface area contributed by atoms with Gasteiger partial charge in [0.2, 0.25) is 0 Å². The van der Waals surface area contributed by atoms with Crippen LogP contribution >= 0.6 is 0 Å². The number of amides is 3. The van der Waals surface area contributed by atoms with Crippen molar-refractivity contribution in [3.05, 3.63) is 59.2 Å². The third-order valence-corrected chi connectivity index (χ3v) is 4.75. The smallest absolute Gasteiger partial charge is 0.325 e. The van der Waals surface area contributed by atoms with Crippen molar-refractivity contribution in [3.63, 3.8) is 0 Å². The van der Waals surface area contributed by atoms with Crippen LogP contribution in [0.3, 0.4) is 0 Å². The molecule has 0 radical (unpaired) electrons. The maximum Gasteiger partial charge on any atom is 0.325 e. The zero-order valence-electron chi connectivity index (χ0n) is 15.9. The Labute approximate surface area is 165 Å². The van der Waals surface area contributed by atoms with Crippen LogP contribution in [0.25, 0.3) is 0 Å². The van der Waals surface area contributed by atoms with E-state index in [9.17, 15) is 23.2 Å². The number of urea groups is 1. The number of ketones is 1. The van der Waals surface area contributed by atoms with E-state index in [4.69, 9.17) is 9.47 Å². The Balaban J connectivity index is 1.91. The van der Waals surface area contributed by atoms with Crippen LogP contribution in [0.4, 0.5) is 13.6 Å². The molecule has 9 heteroatoms. The van der Waals surface area contributed by atoms with Gasteiger partial charge in [0.25, 0.3) is 5.91 Å². The number of carbonyl (C=O) groups excluding carboxylic acids is 3. The molecule has 0 unspecified atom stereocenters. The van der Waals surface area contributed by atoms with E-state index in [0.29, 0.717) is 10.6 Å². The van der Waals surface area contributed by atoms with Gasteiger partial charge in [-0.15, -0.1) is 0 Å². The Bertz CT molecular complexity index is 1010. The molecule has 3 rings (SSSR count). The number of Topliss-reactive ketones (excluding diaryl/α,β-unsaturated/α-hetero) is 1. The number of nitrogens with zero attached hydrogens (tertiary/aromatic N) is 1. The van der Waals surface area contributed by atoms with Gasteiger partial charge in [-0.2, -0.15) is 0 Å². The molecule has 1 heterocycles. The van der Waals surface area contributed by atoms with Gasteiger partial charge >= 0.3 is 6.03 Å². The van der Waals surface area contributed by atoms with Gasteiger partial charge in [0.05, 0.1) is 26.3 Å². The Kier molecular flexibility index (Phi) is 5.23. The SMILES string of the molecule is COc1ccc(OC)c(C(=O)CN2C(=O)N[C@@](C)(c3cc(F)ccc3F)C2=O)c1. The molecule has 2 aromatic rings. The summed E-state index contributed by atoms with van der Waals surface area (Å²) in [5.74, 6) is -2.46. The highest BCUT2D eigenvalue weighted by Crippen LogP contribution is 2.32. The van der Waals surface area contributed by atoms with Crippen molar-refractivity contribution in [1.82, 2.24) is 10.2 Å². The quantitative estimate of drug-likeness (QED) is 0.591. The number of hydrogen-bond acceptors (Lipinski definition) is 5. The van der Waals surface area contributed by atoms with Crippen molar-refractivity contribution in [1.29, 1.82) is 0 Å². The third-order valence-electron chi connectivity index (χ3n) is 4.75. The monoisotopic (exact) mass is 404 g/mol. The first-order chi connectivity index (χ1) is 13.7. The normalized spacial score (nSPS) is 18.6. The van der Waals surface area contributed by atoms with Crippen LogP contribution in [-0.4, -0.2) is 43.4 Å². The van der Waals surface area contributed by atoms with Crippen LogP contribution in [0.1, 0.15) is 22.8 Å². The van der Waals surface area contributed by atoms with E-state index in [0.717, 1.165) is 18.2 Å². The summed E-state index contributed by atoms with van der Waals surface area (Å²) in [5.41, 5.74) is -2.06. The molecule has 1 saturated heterocycles. The Morgan fingerprint density at radius 3 is 2.48 bits per heavy atom. The molecule has 1 aliphatic heterocycles. The van der Waals surface area contributed by atoms with Crippen LogP contribution in [0, 0.1) is 11.6 Å². The van der Waals surface area contributed by atoms with Gasteiger partial charge < -0.3 is 14.8 Å². The molecule has 0 bridgehead atoms. The van der Waals surface area contributed by atoms with Gasteiger partial charge in [0.15, 0.2) is 5.78 Å². The van der Waals surface area contributed by atoms with Crippen LogP contribution in [-0.2, 0) is 10.3 Å². The van der Waals surface area contributed by atoms with Gasteiger partial charge in [-0.25, -0.2) is 13.6 Å². The lowest BCUT2D eigenvalue weighted by Gasteiger charge is -2.22. The fourth-order valence-electron chi connectivity index (χ4n) is 3.16. The second-order valence-electron chi connectivity index (χ2n) is 6.56. The fourth-order valence-corrected chi connectivity index (χ4v) is 3.16. The van der Waals surface area contributed by atoms with E-state index in [1.807, 2.05) is 0 Å². The molecule has 0 aliphatic carbocycles. The van der Waals surface area contributed by atoms with Crippen molar-refractivity contribution in [2.45, 2.75) is 12.5 Å². The summed E-state index contributed by atoms with van der Waals surface area (Å²) >= 11 is 0. The fraction of sp³-hybridized carbons (Fsp3) is 0.250. The van der Waals surface area contributed by atoms with Gasteiger partial charge in [0.1, 0.15) is 28.7 Å². The number of hydrogen-bond donors (Lipinski definition) is 1. The predicted octanol–water partition coefficient (Wildman–Crippen LogP) is 2.63. The van der Waals surface area contributed by atoms with Crippen LogP contribution < -0.4 is 14.8 Å². The first-order valence-electron chi connectivity index (χ1n) is 8.56. The minimum atomic E-state index is -1.85. The second kappa shape index (κ2) is 7.50. The first kappa shape index (κ1) is 20.2. The van der Waals surface area contributed by atoms with E-state index in [1.54, 1.807) is 6.07 Å². The molecule has 29 heavy (non-hydrogen) atoms. The van der Waals surface area contributed by atoms with E-state index in [2.05, 4.69) is 5.32 Å². The predicted molar refractivity (Wildman–Crippen MR) is 97.8 cm³/mol. The summed E-state index contributed by atoms with van der Waals surface area (Å²) in [5, 5.41) is 2.35. The molecule has 152 valence electrons. The van der Waals surface area contributed by atoms with Crippen LogP contribution in [0.2, 0.25) is 0 Å². The lowest BCUT2D eigenvalue weighted by atomic mass is 9.91. The summed E-state index contributed by atoms with van der Waals surface area (Å²) in [6.07, 6.45) is 0. The molecule has 7 nitrogen and oxygen atoms in total. The number of imide groups is 1. The number of benzene rings is 2. The molecule has 1 fully saturated rings. The highest BCUT2D eigenvalue weighted by molar-refractivity contribution is 6.11. The summed E-state index contributed by atoms with van der Waals surface area (Å²) in [4.78, 5) is 38.7. The molecule has 1 N–H and O–H groups in total. The van der Waals surface area contributed by atoms with Crippen molar-refractivity contribution in [2.75, 3.05) is 20.8 Å². The van der Waals surface area contributed by atoms with Crippen LogP contribution in [0.5, 0.6) is 11.5 Å². The number of rotatable bonds is 6. The minimum absolute atomic E-state index is 0.109. The summed E-state index contributed by atoms with van der Waals surface area (Å²) in [7, 11) is 2.79. The summed E-state index contributed by atoms with van der Waals surface area (Å²) < 4.78 is 38.1. The lowest BCUT2D eigenvalue weighted by molar-refractivity contribution is -0.130. The Morgan fingerprint density at radius 1 is 1.10 bits per heavy atom. The van der Waals surface area contributed by atoms with E-state index in [1.165, 1.54) is 33.3 Å². The molecule has 1 atom stereocenters. The highest BCUT2D eigenvalue weighted by Gasteiger charge is 2.51. The number of ether oxygens (including phenoxy) is 2. The molecule has 0 aromatic heterocycles. The third kappa shape index (κ3) is 3.51. The highest BCUT2D eigenvalue weighted by atomic mass is 19.1. The Hall–Kier alpha value is -3.49. The zero-order chi connectivity index (χ0) is 21.3. The molecule has 1 aliphatic rings. The average Bonchev–Trinajstić information content (AvgIpc) is 2.92. The molecule has 3 amide bonds. The van der Waals surface area contributed by atoms with Crippen LogP contribution in [0.15, 0.2) is 36.4 Å². The van der Waals surface area contributed by atoms with Crippen molar-refractivity contribution < 1.29 is 32.6 Å². The number of carbonyl (C=O) groups is 3. The molecule has 0 spiro atoms. The first-order valence-corrected chi connectivity index (χ1v) is 8.56. The molecule has 2 aromatic carbocycles. The van der Waals surface area contributed by atoms with Crippen molar-refractivity contribution in [3.8, 4) is 11.5 Å². The van der Waals surface area contributed by atoms with E-state index < -0.39 is 41.4 Å². The maximum atomic E-state index is 14.2. The Morgan fingerprint density at radius 2 is 1.83 bits per heavy atom. The summed E-state index contributed by atoms with van der Waals surface area (Å²) in [6, 6.07) is 6.24. The standard InChI is InChI=1S/C20H18F2N2O5/c1-20(14-8-11(21)4-6-15(14)22)18(26)24(19(27)23-20)10-16(25)13-9-12(28-2)5-7-17(13)29-3/h4-9H,10H2,1-3H3,(H,23,27)/t20-/m0/s1. The van der Waals surface area contributed by atoms with E-state index in [-0.39, 0.29) is 16.9 Å². The minimum Gasteiger partial charge on any atom is -0.497 e. The van der Waals surface area contributed by atoms with Gasteiger partial charge in [-0.1, -0.05) is 0 Å². The lowest BCUT2D eigenvalue weighted by Crippen LogP contribution is -2.42. The number of methoxy groups -OCH3 is 2. The number of nitrogens with one attached hydrogen (secondary N) is 1. The van der Waals surface area contributed by atoms with E-state index >= 15 is 0 Å². The van der Waals surface area contributed by atoms with Crippen molar-refractivity contribution >= 4 is 17.7 Å². The average molecular weight is 404 g/mol. The van der Waals surface area contributed by atoms with Gasteiger partial charge in [-0.3, -0.25) is 14.5 Å². The zero-order valence-corrected chi connectivity index (χ0v) is 15.9. The molecular formula is C20H18F2N2O5. The topological polar surface area (TPSA) is 84.9 Å². The summed E-state index contributed by atoms with van der Waals surface area (Å²) in [6.45, 7) is 0.641. The van der Waals surface area contributed by atoms with Gasteiger partial charge in [0, 0.05) is 5.56 Å².